The highest BCUT2D eigenvalue weighted by Crippen LogP contribution is 2.15. The molecule has 0 aromatic heterocycles. The average Bonchev–Trinajstić information content (AvgIpc) is 2.37. The van der Waals surface area contributed by atoms with Crippen molar-refractivity contribution in [3.05, 3.63) is 29.8 Å². The molecule has 0 aliphatic carbocycles. The molecule has 3 amide bonds. The van der Waals surface area contributed by atoms with Crippen LogP contribution in [0.15, 0.2) is 24.3 Å². The third-order valence-electron chi connectivity index (χ3n) is 2.56. The van der Waals surface area contributed by atoms with E-state index in [4.69, 9.17) is 5.11 Å². The van der Waals surface area contributed by atoms with E-state index in [1.54, 1.807) is 18.2 Å². The van der Waals surface area contributed by atoms with Gasteiger partial charge in [0.25, 0.3) is 5.91 Å². The molecule has 0 radical (unpaired) electrons. The zero-order valence-corrected chi connectivity index (χ0v) is 12.1. The van der Waals surface area contributed by atoms with Gasteiger partial charge in [-0.25, -0.2) is 4.79 Å². The number of carbonyl (C=O) groups is 3. The number of anilines is 1. The molecule has 0 aliphatic rings. The van der Waals surface area contributed by atoms with Crippen molar-refractivity contribution in [1.82, 2.24) is 10.6 Å². The Morgan fingerprint density at radius 3 is 2.24 bits per heavy atom. The third kappa shape index (κ3) is 5.13. The number of aliphatic carboxylic acids is 1. The van der Waals surface area contributed by atoms with E-state index in [2.05, 4.69) is 16.0 Å². The van der Waals surface area contributed by atoms with Crippen LogP contribution in [0.5, 0.6) is 0 Å². The zero-order chi connectivity index (χ0) is 16.0. The van der Waals surface area contributed by atoms with Gasteiger partial charge in [-0.15, -0.1) is 0 Å². The van der Waals surface area contributed by atoms with Crippen LogP contribution in [0.25, 0.3) is 0 Å². The van der Waals surface area contributed by atoms with Crippen molar-refractivity contribution in [2.45, 2.75) is 32.9 Å². The number of nitrogens with one attached hydrogen (secondary N) is 3. The summed E-state index contributed by atoms with van der Waals surface area (Å²) in [6.07, 6.45) is 0. The minimum atomic E-state index is -1.13. The second-order valence-electron chi connectivity index (χ2n) is 4.83. The molecule has 7 nitrogen and oxygen atoms in total. The predicted molar refractivity (Wildman–Crippen MR) is 78.3 cm³/mol. The normalized spacial score (nSPS) is 11.6. The van der Waals surface area contributed by atoms with Crippen molar-refractivity contribution in [2.75, 3.05) is 5.32 Å². The molecule has 0 unspecified atom stereocenters. The van der Waals surface area contributed by atoms with Crippen LogP contribution in [0.2, 0.25) is 0 Å². The molecule has 7 heteroatoms. The standard InChI is InChI=1S/C14H19N3O4/c1-8(2)15-14(21)17-11-7-5-4-6-10(11)12(18)16-9(3)13(19)20/h4-9H,1-3H3,(H,16,18)(H,19,20)(H2,15,17,21)/t9-/m1/s1. The lowest BCUT2D eigenvalue weighted by Gasteiger charge is -2.14. The van der Waals surface area contributed by atoms with Crippen LogP contribution in [0, 0.1) is 0 Å². The van der Waals surface area contributed by atoms with Crippen LogP contribution in [0.3, 0.4) is 0 Å². The number of carbonyl (C=O) groups excluding carboxylic acids is 2. The van der Waals surface area contributed by atoms with Gasteiger partial charge in [0.1, 0.15) is 6.04 Å². The first-order valence-electron chi connectivity index (χ1n) is 6.51. The van der Waals surface area contributed by atoms with Crippen molar-refractivity contribution >= 4 is 23.6 Å². The molecular formula is C14H19N3O4. The fourth-order valence-electron chi connectivity index (χ4n) is 1.55. The van der Waals surface area contributed by atoms with E-state index in [1.165, 1.54) is 13.0 Å². The molecule has 0 fully saturated rings. The molecular weight excluding hydrogens is 274 g/mol. The first-order chi connectivity index (χ1) is 9.81. The lowest BCUT2D eigenvalue weighted by molar-refractivity contribution is -0.138. The van der Waals surface area contributed by atoms with Crippen LogP contribution in [0.4, 0.5) is 10.5 Å². The van der Waals surface area contributed by atoms with Crippen molar-refractivity contribution in [2.24, 2.45) is 0 Å². The molecule has 0 saturated carbocycles. The van der Waals surface area contributed by atoms with Crippen LogP contribution in [0.1, 0.15) is 31.1 Å². The minimum Gasteiger partial charge on any atom is -0.480 e. The van der Waals surface area contributed by atoms with Crippen LogP contribution in [-0.2, 0) is 4.79 Å². The summed E-state index contributed by atoms with van der Waals surface area (Å²) in [5.41, 5.74) is 0.509. The van der Waals surface area contributed by atoms with Gasteiger partial charge in [0.2, 0.25) is 0 Å². The summed E-state index contributed by atoms with van der Waals surface area (Å²) >= 11 is 0. The molecule has 0 aliphatic heterocycles. The number of carboxylic acids is 1. The fourth-order valence-corrected chi connectivity index (χ4v) is 1.55. The predicted octanol–water partition coefficient (Wildman–Crippen LogP) is 1.42. The summed E-state index contributed by atoms with van der Waals surface area (Å²) in [4.78, 5) is 34.5. The van der Waals surface area contributed by atoms with Gasteiger partial charge >= 0.3 is 12.0 Å². The molecule has 1 aromatic rings. The van der Waals surface area contributed by atoms with Crippen molar-refractivity contribution in [3.63, 3.8) is 0 Å². The van der Waals surface area contributed by atoms with E-state index < -0.39 is 23.9 Å². The number of hydrogen-bond acceptors (Lipinski definition) is 3. The second kappa shape index (κ2) is 7.28. The van der Waals surface area contributed by atoms with Gasteiger partial charge in [-0.05, 0) is 32.9 Å². The van der Waals surface area contributed by atoms with Gasteiger partial charge in [-0.2, -0.15) is 0 Å². The van der Waals surface area contributed by atoms with E-state index >= 15 is 0 Å². The number of urea groups is 1. The minimum absolute atomic E-state index is 0.0435. The lowest BCUT2D eigenvalue weighted by Crippen LogP contribution is -2.39. The highest BCUT2D eigenvalue weighted by atomic mass is 16.4. The van der Waals surface area contributed by atoms with Gasteiger partial charge in [-0.1, -0.05) is 12.1 Å². The largest absolute Gasteiger partial charge is 0.480 e. The zero-order valence-electron chi connectivity index (χ0n) is 12.1. The quantitative estimate of drug-likeness (QED) is 0.658. The molecule has 0 heterocycles. The summed E-state index contributed by atoms with van der Waals surface area (Å²) in [5.74, 6) is -1.70. The smallest absolute Gasteiger partial charge is 0.325 e. The Morgan fingerprint density at radius 2 is 1.67 bits per heavy atom. The Bertz CT molecular complexity index is 543. The molecule has 114 valence electrons. The number of rotatable bonds is 5. The van der Waals surface area contributed by atoms with Gasteiger partial charge in [0, 0.05) is 6.04 Å². The number of amides is 3. The Labute approximate surface area is 122 Å². The molecule has 1 aromatic carbocycles. The first-order valence-corrected chi connectivity index (χ1v) is 6.51. The SMILES string of the molecule is CC(C)NC(=O)Nc1ccccc1C(=O)N[C@H](C)C(=O)O. The van der Waals surface area contributed by atoms with Crippen molar-refractivity contribution < 1.29 is 19.5 Å². The summed E-state index contributed by atoms with van der Waals surface area (Å²) in [6, 6.07) is 4.88. The summed E-state index contributed by atoms with van der Waals surface area (Å²) in [7, 11) is 0. The van der Waals surface area contributed by atoms with Gasteiger partial charge in [-0.3, -0.25) is 9.59 Å². The van der Waals surface area contributed by atoms with Crippen molar-refractivity contribution in [3.8, 4) is 0 Å². The number of hydrogen-bond donors (Lipinski definition) is 4. The lowest BCUT2D eigenvalue weighted by atomic mass is 10.1. The van der Waals surface area contributed by atoms with Gasteiger partial charge in [0.15, 0.2) is 0 Å². The fraction of sp³-hybridized carbons (Fsp3) is 0.357. The monoisotopic (exact) mass is 293 g/mol. The first kappa shape index (κ1) is 16.5. The molecule has 21 heavy (non-hydrogen) atoms. The van der Waals surface area contributed by atoms with E-state index in [0.29, 0.717) is 5.69 Å². The van der Waals surface area contributed by atoms with E-state index in [0.717, 1.165) is 0 Å². The molecule has 0 bridgehead atoms. The Kier molecular flexibility index (Phi) is 5.71. The third-order valence-corrected chi connectivity index (χ3v) is 2.56. The molecule has 0 spiro atoms. The Balaban J connectivity index is 2.86. The molecule has 4 N–H and O–H groups in total. The van der Waals surface area contributed by atoms with E-state index in [1.807, 2.05) is 13.8 Å². The maximum atomic E-state index is 12.0. The molecule has 1 rings (SSSR count). The van der Waals surface area contributed by atoms with E-state index in [-0.39, 0.29) is 11.6 Å². The maximum absolute atomic E-state index is 12.0. The van der Waals surface area contributed by atoms with Crippen LogP contribution < -0.4 is 16.0 Å². The highest BCUT2D eigenvalue weighted by molar-refractivity contribution is 6.04. The topological polar surface area (TPSA) is 108 Å². The molecule has 1 atom stereocenters. The maximum Gasteiger partial charge on any atom is 0.325 e. The van der Waals surface area contributed by atoms with E-state index in [9.17, 15) is 14.4 Å². The summed E-state index contributed by atoms with van der Waals surface area (Å²) < 4.78 is 0. The highest BCUT2D eigenvalue weighted by Gasteiger charge is 2.18. The second-order valence-corrected chi connectivity index (χ2v) is 4.83. The number of para-hydroxylation sites is 1. The molecule has 0 saturated heterocycles. The number of benzene rings is 1. The summed E-state index contributed by atoms with van der Waals surface area (Å²) in [5, 5.41) is 16.3. The van der Waals surface area contributed by atoms with Gasteiger partial charge < -0.3 is 21.1 Å². The average molecular weight is 293 g/mol. The Hall–Kier alpha value is -2.57. The van der Waals surface area contributed by atoms with Gasteiger partial charge in [0.05, 0.1) is 11.3 Å². The number of carboxylic acid groups (broad SMARTS) is 1. The van der Waals surface area contributed by atoms with Crippen LogP contribution >= 0.6 is 0 Å². The van der Waals surface area contributed by atoms with Crippen molar-refractivity contribution in [1.29, 1.82) is 0 Å². The summed E-state index contributed by atoms with van der Waals surface area (Å²) in [6.45, 7) is 4.99. The Morgan fingerprint density at radius 1 is 1.05 bits per heavy atom. The van der Waals surface area contributed by atoms with Crippen LogP contribution in [-0.4, -0.2) is 35.1 Å².